The van der Waals surface area contributed by atoms with E-state index in [1.54, 1.807) is 0 Å². The van der Waals surface area contributed by atoms with Crippen LogP contribution in [-0.4, -0.2) is 17.1 Å². The van der Waals surface area contributed by atoms with E-state index in [9.17, 15) is 8.78 Å². The van der Waals surface area contributed by atoms with Gasteiger partial charge in [-0.2, -0.15) is 0 Å². The Hall–Kier alpha value is -2.32. The summed E-state index contributed by atoms with van der Waals surface area (Å²) >= 11 is 0. The molecule has 1 heterocycles. The number of methoxy groups -OCH3 is 1. The van der Waals surface area contributed by atoms with E-state index < -0.39 is 11.6 Å². The van der Waals surface area contributed by atoms with Crippen LogP contribution in [0, 0.1) is 11.6 Å². The minimum Gasteiger partial charge on any atom is -0.377 e. The molecular formula is C12H13F2N5O. The Balaban J connectivity index is 2.32. The van der Waals surface area contributed by atoms with E-state index in [0.29, 0.717) is 11.6 Å². The zero-order chi connectivity index (χ0) is 14.5. The summed E-state index contributed by atoms with van der Waals surface area (Å²) in [7, 11) is 1.49. The summed E-state index contributed by atoms with van der Waals surface area (Å²) in [5, 5.41) is 2.67. The average molecular weight is 281 g/mol. The molecule has 8 heteroatoms. The second-order valence-electron chi connectivity index (χ2n) is 3.88. The van der Waals surface area contributed by atoms with Gasteiger partial charge in [-0.15, -0.1) is 0 Å². The molecule has 0 fully saturated rings. The summed E-state index contributed by atoms with van der Waals surface area (Å²) in [5.41, 5.74) is 2.33. The summed E-state index contributed by atoms with van der Waals surface area (Å²) in [5.74, 6) is 5.08. The van der Waals surface area contributed by atoms with Crippen molar-refractivity contribution in [3.63, 3.8) is 0 Å². The van der Waals surface area contributed by atoms with Crippen LogP contribution in [-0.2, 0) is 11.3 Å². The van der Waals surface area contributed by atoms with Crippen molar-refractivity contribution < 1.29 is 13.5 Å². The molecular weight excluding hydrogens is 268 g/mol. The van der Waals surface area contributed by atoms with Crippen LogP contribution < -0.4 is 16.6 Å². The molecule has 0 saturated heterocycles. The van der Waals surface area contributed by atoms with Gasteiger partial charge in [0.2, 0.25) is 0 Å². The smallest absolute Gasteiger partial charge is 0.158 e. The number of hydrazine groups is 1. The van der Waals surface area contributed by atoms with Crippen molar-refractivity contribution in [1.29, 1.82) is 0 Å². The van der Waals surface area contributed by atoms with E-state index in [2.05, 4.69) is 20.7 Å². The number of ether oxygens (including phenoxy) is 1. The molecule has 0 spiro atoms. The highest BCUT2D eigenvalue weighted by Crippen LogP contribution is 2.21. The van der Waals surface area contributed by atoms with E-state index in [4.69, 9.17) is 10.6 Å². The first-order chi connectivity index (χ1) is 9.62. The van der Waals surface area contributed by atoms with Gasteiger partial charge < -0.3 is 15.5 Å². The molecule has 106 valence electrons. The summed E-state index contributed by atoms with van der Waals surface area (Å²) in [4.78, 5) is 8.15. The molecule has 0 radical (unpaired) electrons. The van der Waals surface area contributed by atoms with Crippen molar-refractivity contribution in [2.45, 2.75) is 6.61 Å². The van der Waals surface area contributed by atoms with Crippen LogP contribution in [0.15, 0.2) is 24.3 Å². The number of halogens is 2. The maximum Gasteiger partial charge on any atom is 0.158 e. The largest absolute Gasteiger partial charge is 0.377 e. The fourth-order valence-electron chi connectivity index (χ4n) is 1.56. The summed E-state index contributed by atoms with van der Waals surface area (Å²) in [6.45, 7) is 0.163. The maximum atomic E-state index is 13.5. The highest BCUT2D eigenvalue weighted by molar-refractivity contribution is 5.59. The van der Waals surface area contributed by atoms with E-state index in [0.717, 1.165) is 18.2 Å². The number of hydrogen-bond donors (Lipinski definition) is 3. The lowest BCUT2D eigenvalue weighted by Gasteiger charge is -2.10. The lowest BCUT2D eigenvalue weighted by Crippen LogP contribution is -2.12. The van der Waals surface area contributed by atoms with Gasteiger partial charge in [-0.25, -0.2) is 24.6 Å². The summed E-state index contributed by atoms with van der Waals surface area (Å²) in [6.07, 6.45) is 0. The van der Waals surface area contributed by atoms with Gasteiger partial charge in [0, 0.05) is 19.2 Å². The molecule has 0 aliphatic heterocycles. The van der Waals surface area contributed by atoms with Crippen molar-refractivity contribution in [3.8, 4) is 0 Å². The Kier molecular flexibility index (Phi) is 4.38. The Morgan fingerprint density at radius 1 is 1.20 bits per heavy atom. The molecule has 1 aromatic carbocycles. The molecule has 0 saturated carbocycles. The Bertz CT molecular complexity index is 608. The molecule has 0 bridgehead atoms. The number of anilines is 3. The van der Waals surface area contributed by atoms with Crippen LogP contribution in [0.3, 0.4) is 0 Å². The fourth-order valence-corrected chi connectivity index (χ4v) is 1.56. The zero-order valence-electron chi connectivity index (χ0n) is 10.7. The Morgan fingerprint density at radius 3 is 2.65 bits per heavy atom. The number of nitrogens with one attached hydrogen (secondary N) is 2. The van der Waals surface area contributed by atoms with E-state index in [1.165, 1.54) is 13.2 Å². The normalized spacial score (nSPS) is 10.4. The standard InChI is InChI=1S/C12H13F2N5O/c1-20-6-12-17-10(5-11(18-12)19-15)16-9-4-7(13)2-3-8(9)14/h2-5H,6,15H2,1H3,(H2,16,17,18,19). The Morgan fingerprint density at radius 2 is 1.95 bits per heavy atom. The molecule has 6 nitrogen and oxygen atoms in total. The van der Waals surface area contributed by atoms with Crippen molar-refractivity contribution in [2.24, 2.45) is 5.84 Å². The second kappa shape index (κ2) is 6.22. The van der Waals surface area contributed by atoms with Gasteiger partial charge in [-0.3, -0.25) is 0 Å². The van der Waals surface area contributed by atoms with Gasteiger partial charge in [0.15, 0.2) is 5.82 Å². The Labute approximate surface area is 114 Å². The second-order valence-corrected chi connectivity index (χ2v) is 3.88. The fraction of sp³-hybridized carbons (Fsp3) is 0.167. The number of aromatic nitrogens is 2. The molecule has 0 aliphatic carbocycles. The quantitative estimate of drug-likeness (QED) is 0.573. The predicted molar refractivity (Wildman–Crippen MR) is 70.2 cm³/mol. The molecule has 2 rings (SSSR count). The number of nitrogens with two attached hydrogens (primary N) is 1. The van der Waals surface area contributed by atoms with Gasteiger partial charge in [-0.05, 0) is 12.1 Å². The van der Waals surface area contributed by atoms with Crippen molar-refractivity contribution >= 4 is 17.3 Å². The van der Waals surface area contributed by atoms with Gasteiger partial charge in [0.1, 0.15) is 29.9 Å². The van der Waals surface area contributed by atoms with Crippen molar-refractivity contribution in [1.82, 2.24) is 9.97 Å². The average Bonchev–Trinajstić information content (AvgIpc) is 2.43. The minimum atomic E-state index is -0.597. The number of hydrogen-bond acceptors (Lipinski definition) is 6. The molecule has 2 aromatic rings. The molecule has 0 atom stereocenters. The van der Waals surface area contributed by atoms with Crippen LogP contribution in [0.1, 0.15) is 5.82 Å². The van der Waals surface area contributed by atoms with Crippen LogP contribution in [0.4, 0.5) is 26.1 Å². The van der Waals surface area contributed by atoms with Crippen molar-refractivity contribution in [3.05, 3.63) is 41.7 Å². The van der Waals surface area contributed by atoms with Gasteiger partial charge >= 0.3 is 0 Å². The number of nitrogen functional groups attached to an aromatic ring is 1. The van der Waals surface area contributed by atoms with Crippen LogP contribution >= 0.6 is 0 Å². The van der Waals surface area contributed by atoms with Crippen LogP contribution in [0.5, 0.6) is 0 Å². The number of rotatable bonds is 5. The van der Waals surface area contributed by atoms with Crippen molar-refractivity contribution in [2.75, 3.05) is 17.9 Å². The first kappa shape index (κ1) is 14.1. The first-order valence-electron chi connectivity index (χ1n) is 5.68. The van der Waals surface area contributed by atoms with Gasteiger partial charge in [0.25, 0.3) is 0 Å². The monoisotopic (exact) mass is 281 g/mol. The minimum absolute atomic E-state index is 0.0324. The third-order valence-corrected chi connectivity index (χ3v) is 2.38. The maximum absolute atomic E-state index is 13.5. The lowest BCUT2D eigenvalue weighted by molar-refractivity contribution is 0.178. The van der Waals surface area contributed by atoms with Crippen LogP contribution in [0.25, 0.3) is 0 Å². The predicted octanol–water partition coefficient (Wildman–Crippen LogP) is 1.93. The van der Waals surface area contributed by atoms with Crippen LogP contribution in [0.2, 0.25) is 0 Å². The lowest BCUT2D eigenvalue weighted by atomic mass is 10.3. The van der Waals surface area contributed by atoms with E-state index in [1.807, 2.05) is 0 Å². The highest BCUT2D eigenvalue weighted by Gasteiger charge is 2.08. The highest BCUT2D eigenvalue weighted by atomic mass is 19.1. The zero-order valence-corrected chi connectivity index (χ0v) is 10.7. The van der Waals surface area contributed by atoms with Gasteiger partial charge in [-0.1, -0.05) is 0 Å². The molecule has 0 unspecified atom stereocenters. The summed E-state index contributed by atoms with van der Waals surface area (Å²) in [6, 6.07) is 4.55. The number of nitrogens with zero attached hydrogens (tertiary/aromatic N) is 2. The van der Waals surface area contributed by atoms with E-state index >= 15 is 0 Å². The third kappa shape index (κ3) is 3.37. The summed E-state index contributed by atoms with van der Waals surface area (Å²) < 4.78 is 31.6. The molecule has 20 heavy (non-hydrogen) atoms. The topological polar surface area (TPSA) is 85.1 Å². The molecule has 4 N–H and O–H groups in total. The van der Waals surface area contributed by atoms with Gasteiger partial charge in [0.05, 0.1) is 5.69 Å². The molecule has 0 amide bonds. The third-order valence-electron chi connectivity index (χ3n) is 2.38. The van der Waals surface area contributed by atoms with E-state index in [-0.39, 0.29) is 18.1 Å². The molecule has 1 aromatic heterocycles. The molecule has 0 aliphatic rings. The number of benzene rings is 1. The first-order valence-corrected chi connectivity index (χ1v) is 5.68. The SMILES string of the molecule is COCc1nc(NN)cc(Nc2cc(F)ccc2F)n1.